The van der Waals surface area contributed by atoms with Crippen molar-refractivity contribution < 1.29 is 14.3 Å². The topological polar surface area (TPSA) is 46.6 Å². The maximum Gasteiger partial charge on any atom is 0.236 e. The van der Waals surface area contributed by atoms with Crippen molar-refractivity contribution in [3.05, 3.63) is 12.0 Å². The van der Waals surface area contributed by atoms with E-state index in [0.717, 1.165) is 74.0 Å². The van der Waals surface area contributed by atoms with E-state index in [-0.39, 0.29) is 28.1 Å². The van der Waals surface area contributed by atoms with E-state index in [1.165, 1.54) is 38.5 Å². The minimum Gasteiger partial charge on any atom is -0.476 e. The van der Waals surface area contributed by atoms with Crippen LogP contribution in [0.3, 0.4) is 0 Å². The fourth-order valence-corrected chi connectivity index (χ4v) is 10.4. The number of rotatable bonds is 3. The monoisotopic (exact) mass is 437 g/mol. The molecule has 9 aliphatic rings. The highest BCUT2D eigenvalue weighted by Gasteiger charge is 2.59. The van der Waals surface area contributed by atoms with Crippen LogP contribution >= 0.6 is 0 Å². The van der Waals surface area contributed by atoms with Crippen molar-refractivity contribution in [3.63, 3.8) is 0 Å². The Morgan fingerprint density at radius 2 is 1.16 bits per heavy atom. The number of allylic oxidation sites excluding steroid dienone is 1. The van der Waals surface area contributed by atoms with Crippen molar-refractivity contribution in [1.29, 1.82) is 0 Å². The molecule has 1 amide bonds. The maximum absolute atomic E-state index is 14.2. The van der Waals surface area contributed by atoms with Gasteiger partial charge in [0.25, 0.3) is 0 Å². The van der Waals surface area contributed by atoms with Crippen molar-refractivity contribution in [2.24, 2.45) is 46.3 Å². The van der Waals surface area contributed by atoms with Crippen LogP contribution in [0.15, 0.2) is 12.0 Å². The highest BCUT2D eigenvalue weighted by Crippen LogP contribution is 2.62. The largest absolute Gasteiger partial charge is 0.476 e. The standard InChI is InChI=1S/C28H39NO3/c1-26(2)16-32-24(9-23(30)27-10-17-3-18(11-27)5-19(4-17)12-27)29(26)25(31)28-13-20-6-21(14-28)8-22(7-20)15-28/h9,17-22H,3-8,10-16H2,1-2H3. The summed E-state index contributed by atoms with van der Waals surface area (Å²) < 4.78 is 6.14. The molecule has 9 rings (SSSR count). The van der Waals surface area contributed by atoms with Crippen LogP contribution < -0.4 is 0 Å². The van der Waals surface area contributed by atoms with Gasteiger partial charge in [0, 0.05) is 11.5 Å². The van der Waals surface area contributed by atoms with Gasteiger partial charge in [0.1, 0.15) is 6.61 Å². The molecule has 8 bridgehead atoms. The Morgan fingerprint density at radius 3 is 1.59 bits per heavy atom. The van der Waals surface area contributed by atoms with Gasteiger partial charge in [-0.2, -0.15) is 0 Å². The number of ketones is 1. The van der Waals surface area contributed by atoms with Crippen molar-refractivity contribution in [1.82, 2.24) is 4.90 Å². The second-order valence-electron chi connectivity index (χ2n) is 14.0. The third kappa shape index (κ3) is 2.79. The Bertz CT molecular complexity index is 828. The fraction of sp³-hybridized carbons (Fsp3) is 0.857. The first-order valence-electron chi connectivity index (χ1n) is 13.5. The third-order valence-electron chi connectivity index (χ3n) is 10.9. The molecule has 9 fully saturated rings. The average molecular weight is 438 g/mol. The molecule has 0 aromatic heterocycles. The molecule has 0 aromatic carbocycles. The average Bonchev–Trinajstić information content (AvgIpc) is 2.99. The number of carbonyl (C=O) groups excluding carboxylic acids is 2. The van der Waals surface area contributed by atoms with Crippen LogP contribution in [0.2, 0.25) is 0 Å². The van der Waals surface area contributed by atoms with Crippen molar-refractivity contribution in [3.8, 4) is 0 Å². The zero-order valence-electron chi connectivity index (χ0n) is 19.9. The Kier molecular flexibility index (Phi) is 4.03. The lowest BCUT2D eigenvalue weighted by atomic mass is 9.48. The van der Waals surface area contributed by atoms with Gasteiger partial charge in [0.05, 0.1) is 11.0 Å². The van der Waals surface area contributed by atoms with Crippen LogP contribution in [0.5, 0.6) is 0 Å². The minimum atomic E-state index is -0.381. The molecule has 0 aromatic rings. The molecule has 8 saturated carbocycles. The molecule has 0 unspecified atom stereocenters. The summed E-state index contributed by atoms with van der Waals surface area (Å²) in [6.45, 7) is 4.72. The van der Waals surface area contributed by atoms with E-state index in [0.29, 0.717) is 12.5 Å². The van der Waals surface area contributed by atoms with Gasteiger partial charge in [-0.15, -0.1) is 0 Å². The van der Waals surface area contributed by atoms with Gasteiger partial charge >= 0.3 is 0 Å². The van der Waals surface area contributed by atoms with Crippen LogP contribution in [-0.2, 0) is 14.3 Å². The number of hydrogen-bond donors (Lipinski definition) is 0. The Morgan fingerprint density at radius 1 is 0.750 bits per heavy atom. The van der Waals surface area contributed by atoms with Crippen LogP contribution in [0.25, 0.3) is 0 Å². The predicted molar refractivity (Wildman–Crippen MR) is 121 cm³/mol. The molecule has 1 saturated heterocycles. The van der Waals surface area contributed by atoms with Crippen molar-refractivity contribution >= 4 is 11.7 Å². The Labute approximate surface area is 192 Å². The summed E-state index contributed by atoms with van der Waals surface area (Å²) in [4.78, 5) is 30.0. The molecule has 4 heteroatoms. The minimum absolute atomic E-state index is 0.173. The zero-order valence-corrected chi connectivity index (χ0v) is 19.9. The molecule has 0 radical (unpaired) electrons. The summed E-state index contributed by atoms with van der Waals surface area (Å²) in [5.74, 6) is 5.53. The molecular formula is C28H39NO3. The zero-order chi connectivity index (χ0) is 21.9. The number of nitrogens with zero attached hydrogens (tertiary/aromatic N) is 1. The van der Waals surface area contributed by atoms with E-state index in [1.807, 2.05) is 4.90 Å². The van der Waals surface area contributed by atoms with Crippen LogP contribution in [0.1, 0.15) is 90.9 Å². The summed E-state index contributed by atoms with van der Waals surface area (Å²) in [6, 6.07) is 0. The lowest BCUT2D eigenvalue weighted by molar-refractivity contribution is -0.159. The molecule has 4 nitrogen and oxygen atoms in total. The summed E-state index contributed by atoms with van der Waals surface area (Å²) in [5, 5.41) is 0. The van der Waals surface area contributed by atoms with Gasteiger partial charge in [-0.1, -0.05) is 0 Å². The molecule has 1 heterocycles. The highest BCUT2D eigenvalue weighted by atomic mass is 16.5. The normalized spacial score (nSPS) is 50.8. The maximum atomic E-state index is 14.2. The van der Waals surface area contributed by atoms with Gasteiger partial charge in [-0.3, -0.25) is 14.5 Å². The number of ether oxygens (including phenoxy) is 1. The molecule has 32 heavy (non-hydrogen) atoms. The van der Waals surface area contributed by atoms with Gasteiger partial charge in [0.2, 0.25) is 5.91 Å². The van der Waals surface area contributed by atoms with E-state index >= 15 is 0 Å². The third-order valence-corrected chi connectivity index (χ3v) is 10.9. The van der Waals surface area contributed by atoms with E-state index in [1.54, 1.807) is 6.08 Å². The summed E-state index contributed by atoms with van der Waals surface area (Å²) in [5.41, 5.74) is -0.760. The van der Waals surface area contributed by atoms with Crippen LogP contribution in [0.4, 0.5) is 0 Å². The van der Waals surface area contributed by atoms with E-state index in [9.17, 15) is 9.59 Å². The van der Waals surface area contributed by atoms with Gasteiger partial charge in [-0.05, 0) is 126 Å². The highest BCUT2D eigenvalue weighted by molar-refractivity contribution is 5.96. The molecule has 174 valence electrons. The van der Waals surface area contributed by atoms with Gasteiger partial charge in [0.15, 0.2) is 11.7 Å². The summed E-state index contributed by atoms with van der Waals surface area (Å²) in [6.07, 6.45) is 16.1. The van der Waals surface area contributed by atoms with Crippen LogP contribution in [-0.4, -0.2) is 28.7 Å². The Balaban J connectivity index is 1.20. The first-order chi connectivity index (χ1) is 15.2. The molecule has 1 aliphatic heterocycles. The number of hydrogen-bond acceptors (Lipinski definition) is 3. The fourth-order valence-electron chi connectivity index (χ4n) is 10.4. The SMILES string of the molecule is CC1(C)COC(=CC(=O)C23CC4CC(CC(C4)C2)C3)N1C(=O)C12CC3CC(CC(C3)C1)C2. The summed E-state index contributed by atoms with van der Waals surface area (Å²) >= 11 is 0. The number of carbonyl (C=O) groups is 2. The van der Waals surface area contributed by atoms with Crippen molar-refractivity contribution in [2.45, 2.75) is 96.4 Å². The smallest absolute Gasteiger partial charge is 0.236 e. The van der Waals surface area contributed by atoms with Crippen LogP contribution in [0, 0.1) is 46.3 Å². The van der Waals surface area contributed by atoms with E-state index in [2.05, 4.69) is 13.8 Å². The molecular weight excluding hydrogens is 398 g/mol. The molecule has 0 N–H and O–H groups in total. The first kappa shape index (κ1) is 20.1. The van der Waals surface area contributed by atoms with E-state index in [4.69, 9.17) is 4.74 Å². The second kappa shape index (κ2) is 6.42. The lowest BCUT2D eigenvalue weighted by Crippen LogP contribution is -2.57. The summed E-state index contributed by atoms with van der Waals surface area (Å²) in [7, 11) is 0. The quantitative estimate of drug-likeness (QED) is 0.550. The van der Waals surface area contributed by atoms with Gasteiger partial charge in [-0.25, -0.2) is 0 Å². The van der Waals surface area contributed by atoms with Gasteiger partial charge < -0.3 is 4.74 Å². The molecule has 8 aliphatic carbocycles. The lowest BCUT2D eigenvalue weighted by Gasteiger charge is -2.57. The number of amides is 1. The van der Waals surface area contributed by atoms with Crippen molar-refractivity contribution in [2.75, 3.05) is 6.61 Å². The second-order valence-corrected chi connectivity index (χ2v) is 14.0. The molecule has 0 atom stereocenters. The van der Waals surface area contributed by atoms with E-state index < -0.39 is 0 Å². The predicted octanol–water partition coefficient (Wildman–Crippen LogP) is 5.47. The first-order valence-corrected chi connectivity index (χ1v) is 13.5. The molecule has 0 spiro atoms. The Hall–Kier alpha value is -1.32.